The van der Waals surface area contributed by atoms with Gasteiger partial charge in [-0.3, -0.25) is 4.79 Å². The molecule has 20 heavy (non-hydrogen) atoms. The van der Waals surface area contributed by atoms with Crippen molar-refractivity contribution in [2.75, 3.05) is 0 Å². The number of nitrogens with one attached hydrogen (secondary N) is 1. The van der Waals surface area contributed by atoms with Crippen molar-refractivity contribution in [2.24, 2.45) is 16.9 Å². The molecule has 1 aromatic rings. The van der Waals surface area contributed by atoms with Crippen molar-refractivity contribution in [3.8, 4) is 0 Å². The van der Waals surface area contributed by atoms with E-state index in [0.717, 1.165) is 37.4 Å². The van der Waals surface area contributed by atoms with Crippen LogP contribution in [-0.4, -0.2) is 12.1 Å². The molecular weight excluding hydrogens is 252 g/mol. The molecule has 2 saturated carbocycles. The van der Waals surface area contributed by atoms with Crippen LogP contribution in [0.1, 0.15) is 62.9 Å². The third-order valence-corrected chi connectivity index (χ3v) is 4.46. The molecule has 1 N–H and O–H groups in total. The van der Waals surface area contributed by atoms with Gasteiger partial charge in [-0.1, -0.05) is 26.2 Å². The topological polar surface area (TPSA) is 54.6 Å². The van der Waals surface area contributed by atoms with Crippen molar-refractivity contribution in [3.05, 3.63) is 23.7 Å². The van der Waals surface area contributed by atoms with Gasteiger partial charge in [0.15, 0.2) is 0 Å². The molecule has 0 spiro atoms. The summed E-state index contributed by atoms with van der Waals surface area (Å²) in [4.78, 5) is 11.9. The van der Waals surface area contributed by atoms with E-state index in [2.05, 4.69) is 17.5 Å². The zero-order chi connectivity index (χ0) is 13.9. The molecule has 1 aromatic heterocycles. The fourth-order valence-corrected chi connectivity index (χ4v) is 2.97. The predicted octanol–water partition coefficient (Wildman–Crippen LogP) is 3.43. The molecule has 4 nitrogen and oxygen atoms in total. The van der Waals surface area contributed by atoms with E-state index >= 15 is 0 Å². The number of amides is 1. The minimum atomic E-state index is 0.0449. The number of nitrogens with zero attached hydrogens (tertiary/aromatic N) is 1. The first-order valence-corrected chi connectivity index (χ1v) is 7.66. The molecule has 2 fully saturated rings. The molecule has 3 rings (SSSR count). The van der Waals surface area contributed by atoms with E-state index in [1.807, 2.05) is 12.1 Å². The minimum absolute atomic E-state index is 0.0449. The van der Waals surface area contributed by atoms with E-state index in [1.54, 1.807) is 6.21 Å². The molecule has 0 unspecified atom stereocenters. The molecular formula is C16H22N2O2. The predicted molar refractivity (Wildman–Crippen MR) is 77.5 cm³/mol. The molecule has 0 bridgehead atoms. The Balaban J connectivity index is 1.49. The van der Waals surface area contributed by atoms with Gasteiger partial charge in [-0.05, 0) is 37.3 Å². The maximum atomic E-state index is 11.9. The fourth-order valence-electron chi connectivity index (χ4n) is 2.97. The third kappa shape index (κ3) is 3.11. The summed E-state index contributed by atoms with van der Waals surface area (Å²) in [6.07, 6.45) is 8.35. The van der Waals surface area contributed by atoms with Crippen LogP contribution in [-0.2, 0) is 4.79 Å². The van der Waals surface area contributed by atoms with Gasteiger partial charge in [0.1, 0.15) is 11.5 Å². The summed E-state index contributed by atoms with van der Waals surface area (Å²) in [5.74, 6) is 3.25. The van der Waals surface area contributed by atoms with Gasteiger partial charge in [0.2, 0.25) is 5.91 Å². The average Bonchev–Trinajstić information content (AvgIpc) is 3.01. The molecule has 108 valence electrons. The summed E-state index contributed by atoms with van der Waals surface area (Å²) < 4.78 is 5.70. The van der Waals surface area contributed by atoms with Crippen LogP contribution in [0.2, 0.25) is 0 Å². The second-order valence-electron chi connectivity index (χ2n) is 6.13. The number of hydrogen-bond donors (Lipinski definition) is 1. The molecule has 0 radical (unpaired) electrons. The molecule has 0 saturated heterocycles. The highest BCUT2D eigenvalue weighted by Crippen LogP contribution is 2.47. The lowest BCUT2D eigenvalue weighted by molar-refractivity contribution is -0.125. The molecule has 1 heterocycles. The Hall–Kier alpha value is -1.58. The van der Waals surface area contributed by atoms with Crippen LogP contribution < -0.4 is 5.43 Å². The largest absolute Gasteiger partial charge is 0.460 e. The summed E-state index contributed by atoms with van der Waals surface area (Å²) in [5, 5.41) is 4.01. The van der Waals surface area contributed by atoms with Gasteiger partial charge in [-0.15, -0.1) is 0 Å². The SMILES string of the molecule is C[C@@H]1C[C@@H]1c1ccc(/C=N\NC(=O)C2CCCCC2)o1. The molecule has 2 atom stereocenters. The molecule has 1 amide bonds. The Labute approximate surface area is 119 Å². The van der Waals surface area contributed by atoms with Crippen LogP contribution in [0.5, 0.6) is 0 Å². The summed E-state index contributed by atoms with van der Waals surface area (Å²) in [5.41, 5.74) is 2.63. The number of hydrazone groups is 1. The van der Waals surface area contributed by atoms with Crippen molar-refractivity contribution >= 4 is 12.1 Å². The maximum Gasteiger partial charge on any atom is 0.243 e. The average molecular weight is 274 g/mol. The number of hydrogen-bond acceptors (Lipinski definition) is 3. The van der Waals surface area contributed by atoms with Crippen molar-refractivity contribution in [3.63, 3.8) is 0 Å². The van der Waals surface area contributed by atoms with E-state index < -0.39 is 0 Å². The van der Waals surface area contributed by atoms with Gasteiger partial charge in [-0.2, -0.15) is 5.10 Å². The molecule has 0 aliphatic heterocycles. The monoisotopic (exact) mass is 274 g/mol. The minimum Gasteiger partial charge on any atom is -0.460 e. The number of carbonyl (C=O) groups is 1. The molecule has 0 aromatic carbocycles. The van der Waals surface area contributed by atoms with Crippen molar-refractivity contribution < 1.29 is 9.21 Å². The van der Waals surface area contributed by atoms with Gasteiger partial charge in [0, 0.05) is 11.8 Å². The third-order valence-electron chi connectivity index (χ3n) is 4.46. The lowest BCUT2D eigenvalue weighted by Crippen LogP contribution is -2.28. The fraction of sp³-hybridized carbons (Fsp3) is 0.625. The number of carbonyl (C=O) groups excluding carboxylic acids is 1. The van der Waals surface area contributed by atoms with Crippen molar-refractivity contribution in [1.29, 1.82) is 0 Å². The van der Waals surface area contributed by atoms with Gasteiger partial charge in [0.25, 0.3) is 0 Å². The lowest BCUT2D eigenvalue weighted by atomic mass is 9.89. The van der Waals surface area contributed by atoms with E-state index in [0.29, 0.717) is 11.7 Å². The lowest BCUT2D eigenvalue weighted by Gasteiger charge is -2.19. The Morgan fingerprint density at radius 1 is 1.35 bits per heavy atom. The first kappa shape index (κ1) is 13.4. The van der Waals surface area contributed by atoms with Crippen LogP contribution >= 0.6 is 0 Å². The Bertz CT molecular complexity index is 500. The second kappa shape index (κ2) is 5.81. The van der Waals surface area contributed by atoms with E-state index in [1.165, 1.54) is 12.8 Å². The first-order chi connectivity index (χ1) is 9.74. The van der Waals surface area contributed by atoms with Crippen LogP contribution in [0.3, 0.4) is 0 Å². The van der Waals surface area contributed by atoms with Gasteiger partial charge < -0.3 is 4.42 Å². The van der Waals surface area contributed by atoms with Crippen LogP contribution in [0.25, 0.3) is 0 Å². The zero-order valence-corrected chi connectivity index (χ0v) is 12.0. The molecule has 2 aliphatic rings. The van der Waals surface area contributed by atoms with Crippen LogP contribution in [0, 0.1) is 11.8 Å². The highest BCUT2D eigenvalue weighted by Gasteiger charge is 2.36. The molecule has 2 aliphatic carbocycles. The highest BCUT2D eigenvalue weighted by molar-refractivity contribution is 5.81. The Morgan fingerprint density at radius 3 is 2.80 bits per heavy atom. The number of rotatable bonds is 4. The standard InChI is InChI=1S/C16H22N2O2/c1-11-9-14(11)15-8-7-13(20-15)10-17-18-16(19)12-5-3-2-4-6-12/h7-8,10-12,14H,2-6,9H2,1H3,(H,18,19)/b17-10-/t11-,14+/m1/s1. The molecule has 4 heteroatoms. The quantitative estimate of drug-likeness (QED) is 0.675. The Morgan fingerprint density at radius 2 is 2.10 bits per heavy atom. The van der Waals surface area contributed by atoms with Gasteiger partial charge in [0.05, 0.1) is 6.21 Å². The summed E-state index contributed by atoms with van der Waals surface area (Å²) in [7, 11) is 0. The highest BCUT2D eigenvalue weighted by atomic mass is 16.3. The maximum absolute atomic E-state index is 11.9. The summed E-state index contributed by atoms with van der Waals surface area (Å²) >= 11 is 0. The second-order valence-corrected chi connectivity index (χ2v) is 6.13. The van der Waals surface area contributed by atoms with Crippen molar-refractivity contribution in [1.82, 2.24) is 5.43 Å². The normalized spacial score (nSPS) is 26.9. The Kier molecular flexibility index (Phi) is 3.90. The van der Waals surface area contributed by atoms with E-state index in [4.69, 9.17) is 4.42 Å². The van der Waals surface area contributed by atoms with E-state index in [9.17, 15) is 4.79 Å². The number of furan rings is 1. The van der Waals surface area contributed by atoms with Gasteiger partial charge >= 0.3 is 0 Å². The van der Waals surface area contributed by atoms with Crippen LogP contribution in [0.15, 0.2) is 21.7 Å². The summed E-state index contributed by atoms with van der Waals surface area (Å²) in [6.45, 7) is 2.23. The first-order valence-electron chi connectivity index (χ1n) is 7.66. The van der Waals surface area contributed by atoms with Crippen LogP contribution in [0.4, 0.5) is 0 Å². The summed E-state index contributed by atoms with van der Waals surface area (Å²) in [6, 6.07) is 3.93. The van der Waals surface area contributed by atoms with Gasteiger partial charge in [-0.25, -0.2) is 5.43 Å². The van der Waals surface area contributed by atoms with Crippen molar-refractivity contribution in [2.45, 2.75) is 51.4 Å². The smallest absolute Gasteiger partial charge is 0.243 e. The zero-order valence-electron chi connectivity index (χ0n) is 12.0. The van der Waals surface area contributed by atoms with E-state index in [-0.39, 0.29) is 11.8 Å².